The lowest BCUT2D eigenvalue weighted by Gasteiger charge is -2.33. The maximum absolute atomic E-state index is 12.9. The van der Waals surface area contributed by atoms with Crippen LogP contribution in [0, 0.1) is 5.92 Å². The molecule has 8 heteroatoms. The Morgan fingerprint density at radius 3 is 2.29 bits per heavy atom. The lowest BCUT2D eigenvalue weighted by molar-refractivity contribution is 0.0883. The van der Waals surface area contributed by atoms with Crippen molar-refractivity contribution >= 4 is 34.0 Å². The van der Waals surface area contributed by atoms with E-state index in [1.54, 1.807) is 36.4 Å². The third-order valence-electron chi connectivity index (χ3n) is 4.97. The number of hydrogen-bond donors (Lipinski definition) is 2. The lowest BCUT2D eigenvalue weighted by atomic mass is 9.88. The van der Waals surface area contributed by atoms with Crippen molar-refractivity contribution in [2.75, 3.05) is 17.9 Å². The highest BCUT2D eigenvalue weighted by atomic mass is 35.5. The summed E-state index contributed by atoms with van der Waals surface area (Å²) in [6.07, 6.45) is 0. The molecule has 6 nitrogen and oxygen atoms in total. The van der Waals surface area contributed by atoms with Crippen LogP contribution in [0.1, 0.15) is 31.1 Å². The maximum Gasteiger partial charge on any atom is 0.264 e. The van der Waals surface area contributed by atoms with Crippen LogP contribution in [-0.4, -0.2) is 33.5 Å². The maximum atomic E-state index is 12.9. The first kappa shape index (κ1) is 23.9. The molecule has 1 atom stereocenters. The summed E-state index contributed by atoms with van der Waals surface area (Å²) in [4.78, 5) is 12.7. The normalized spacial score (nSPS) is 13.4. The fourth-order valence-electron chi connectivity index (χ4n) is 2.50. The first-order valence-corrected chi connectivity index (χ1v) is 10.2. The number of rotatable bonds is 7. The van der Waals surface area contributed by atoms with E-state index in [1.807, 2.05) is 26.8 Å². The van der Waals surface area contributed by atoms with Crippen molar-refractivity contribution in [3.8, 4) is 0 Å². The van der Waals surface area contributed by atoms with Gasteiger partial charge in [-0.3, -0.25) is 9.10 Å². The van der Waals surface area contributed by atoms with Gasteiger partial charge >= 0.3 is 0 Å². The fraction of sp³-hybridized carbons (Fsp3) is 0.350. The zero-order valence-corrected chi connectivity index (χ0v) is 18.2. The Labute approximate surface area is 173 Å². The molecule has 154 valence electrons. The summed E-state index contributed by atoms with van der Waals surface area (Å²) in [7, 11) is -2.30. The van der Waals surface area contributed by atoms with Crippen molar-refractivity contribution in [3.63, 3.8) is 0 Å². The van der Waals surface area contributed by atoms with E-state index < -0.39 is 15.6 Å². The average molecular weight is 426 g/mol. The van der Waals surface area contributed by atoms with Crippen LogP contribution in [0.15, 0.2) is 59.5 Å². The van der Waals surface area contributed by atoms with E-state index >= 15 is 0 Å². The molecule has 1 amide bonds. The van der Waals surface area contributed by atoms with Crippen molar-refractivity contribution < 1.29 is 13.2 Å². The Morgan fingerprint density at radius 1 is 1.14 bits per heavy atom. The predicted octanol–water partition coefficient (Wildman–Crippen LogP) is 3.04. The minimum atomic E-state index is -3.79. The van der Waals surface area contributed by atoms with E-state index in [0.717, 1.165) is 0 Å². The first-order chi connectivity index (χ1) is 12.6. The van der Waals surface area contributed by atoms with E-state index in [4.69, 9.17) is 5.73 Å². The van der Waals surface area contributed by atoms with Crippen molar-refractivity contribution in [2.24, 2.45) is 11.7 Å². The Kier molecular flexibility index (Phi) is 8.05. The van der Waals surface area contributed by atoms with Crippen molar-refractivity contribution in [1.29, 1.82) is 0 Å². The van der Waals surface area contributed by atoms with Gasteiger partial charge in [0.1, 0.15) is 0 Å². The molecule has 0 aliphatic rings. The van der Waals surface area contributed by atoms with Crippen LogP contribution < -0.4 is 15.4 Å². The van der Waals surface area contributed by atoms with Gasteiger partial charge in [0.15, 0.2) is 0 Å². The molecule has 0 saturated heterocycles. The Balaban J connectivity index is 0.00000392. The van der Waals surface area contributed by atoms with Gasteiger partial charge in [-0.15, -0.1) is 12.4 Å². The SMILES string of the molecule is CC(C)C(C)(CN)NC(=O)c1cccc(S(=O)(=O)N(C)c2ccccc2)c1.Cl. The van der Waals surface area contributed by atoms with Gasteiger partial charge < -0.3 is 11.1 Å². The predicted molar refractivity (Wildman–Crippen MR) is 115 cm³/mol. The zero-order valence-electron chi connectivity index (χ0n) is 16.5. The first-order valence-electron chi connectivity index (χ1n) is 8.78. The standard InChI is InChI=1S/C20H27N3O3S.ClH/c1-15(2)20(3,14-21)22-19(24)16-9-8-12-18(13-16)27(25,26)23(4)17-10-6-5-7-11-17;/h5-13,15H,14,21H2,1-4H3,(H,22,24);1H. The number of para-hydroxylation sites is 1. The minimum Gasteiger partial charge on any atom is -0.345 e. The summed E-state index contributed by atoms with van der Waals surface area (Å²) < 4.78 is 27.1. The van der Waals surface area contributed by atoms with E-state index in [-0.39, 0.29) is 41.2 Å². The molecule has 0 bridgehead atoms. The van der Waals surface area contributed by atoms with Crippen molar-refractivity contribution in [1.82, 2.24) is 5.32 Å². The Bertz CT molecular complexity index is 904. The lowest BCUT2D eigenvalue weighted by Crippen LogP contribution is -2.55. The number of carbonyl (C=O) groups is 1. The smallest absolute Gasteiger partial charge is 0.264 e. The molecule has 0 aromatic heterocycles. The number of halogens is 1. The fourth-order valence-corrected chi connectivity index (χ4v) is 3.74. The molecule has 0 radical (unpaired) electrons. The quantitative estimate of drug-likeness (QED) is 0.713. The molecule has 0 spiro atoms. The van der Waals surface area contributed by atoms with E-state index in [0.29, 0.717) is 5.69 Å². The van der Waals surface area contributed by atoms with Crippen LogP contribution in [0.2, 0.25) is 0 Å². The molecule has 0 fully saturated rings. The molecular weight excluding hydrogens is 398 g/mol. The molecule has 1 unspecified atom stereocenters. The molecule has 2 aromatic rings. The second-order valence-corrected chi connectivity index (χ2v) is 9.04. The summed E-state index contributed by atoms with van der Waals surface area (Å²) in [6, 6.07) is 14.8. The van der Waals surface area contributed by atoms with Crippen LogP contribution in [-0.2, 0) is 10.0 Å². The van der Waals surface area contributed by atoms with Crippen LogP contribution >= 0.6 is 12.4 Å². The van der Waals surface area contributed by atoms with Gasteiger partial charge in [0.2, 0.25) is 0 Å². The van der Waals surface area contributed by atoms with Gasteiger partial charge in [0.25, 0.3) is 15.9 Å². The number of hydrogen-bond acceptors (Lipinski definition) is 4. The molecular formula is C20H28ClN3O3S. The van der Waals surface area contributed by atoms with Crippen LogP contribution in [0.4, 0.5) is 5.69 Å². The monoisotopic (exact) mass is 425 g/mol. The number of anilines is 1. The molecule has 0 heterocycles. The molecule has 2 aromatic carbocycles. The second-order valence-electron chi connectivity index (χ2n) is 7.07. The van der Waals surface area contributed by atoms with Crippen LogP contribution in [0.3, 0.4) is 0 Å². The highest BCUT2D eigenvalue weighted by Crippen LogP contribution is 2.23. The Hall–Kier alpha value is -2.09. The van der Waals surface area contributed by atoms with Gasteiger partial charge in [-0.25, -0.2) is 8.42 Å². The average Bonchev–Trinajstić information content (AvgIpc) is 2.67. The zero-order chi connectivity index (χ0) is 20.2. The molecule has 0 aliphatic heterocycles. The molecule has 0 saturated carbocycles. The topological polar surface area (TPSA) is 92.5 Å². The van der Waals surface area contributed by atoms with E-state index in [2.05, 4.69) is 5.32 Å². The second kappa shape index (κ2) is 9.41. The number of nitrogens with zero attached hydrogens (tertiary/aromatic N) is 1. The summed E-state index contributed by atoms with van der Waals surface area (Å²) in [5.41, 5.74) is 6.06. The summed E-state index contributed by atoms with van der Waals surface area (Å²) in [6.45, 7) is 6.11. The third kappa shape index (κ3) is 5.04. The molecule has 2 rings (SSSR count). The number of carbonyl (C=O) groups excluding carboxylic acids is 1. The number of nitrogens with two attached hydrogens (primary N) is 1. The van der Waals surface area contributed by atoms with Gasteiger partial charge in [0, 0.05) is 19.2 Å². The summed E-state index contributed by atoms with van der Waals surface area (Å²) in [5, 5.41) is 2.93. The van der Waals surface area contributed by atoms with Crippen molar-refractivity contribution in [2.45, 2.75) is 31.2 Å². The highest BCUT2D eigenvalue weighted by molar-refractivity contribution is 7.92. The number of nitrogens with one attached hydrogen (secondary N) is 1. The van der Waals surface area contributed by atoms with Gasteiger partial charge in [-0.2, -0.15) is 0 Å². The highest BCUT2D eigenvalue weighted by Gasteiger charge is 2.29. The minimum absolute atomic E-state index is 0. The van der Waals surface area contributed by atoms with Gasteiger partial charge in [-0.05, 0) is 43.2 Å². The number of amides is 1. The molecule has 3 N–H and O–H groups in total. The third-order valence-corrected chi connectivity index (χ3v) is 6.75. The van der Waals surface area contributed by atoms with Crippen LogP contribution in [0.5, 0.6) is 0 Å². The summed E-state index contributed by atoms with van der Waals surface area (Å²) >= 11 is 0. The summed E-state index contributed by atoms with van der Waals surface area (Å²) in [5.74, 6) is -0.223. The molecule has 0 aliphatic carbocycles. The number of benzene rings is 2. The van der Waals surface area contributed by atoms with Crippen LogP contribution in [0.25, 0.3) is 0 Å². The number of sulfonamides is 1. The van der Waals surface area contributed by atoms with E-state index in [1.165, 1.54) is 23.5 Å². The largest absolute Gasteiger partial charge is 0.345 e. The van der Waals surface area contributed by atoms with Gasteiger partial charge in [0.05, 0.1) is 16.1 Å². The van der Waals surface area contributed by atoms with Gasteiger partial charge in [-0.1, -0.05) is 38.1 Å². The Morgan fingerprint density at radius 2 is 1.75 bits per heavy atom. The van der Waals surface area contributed by atoms with E-state index in [9.17, 15) is 13.2 Å². The molecule has 28 heavy (non-hydrogen) atoms. The van der Waals surface area contributed by atoms with Crippen molar-refractivity contribution in [3.05, 3.63) is 60.2 Å².